The average Bonchev–Trinajstić information content (AvgIpc) is 2.38. The second kappa shape index (κ2) is 5.63. The van der Waals surface area contributed by atoms with E-state index in [-0.39, 0.29) is 0 Å². The van der Waals surface area contributed by atoms with Crippen molar-refractivity contribution in [3.8, 4) is 5.75 Å². The van der Waals surface area contributed by atoms with Gasteiger partial charge in [0.2, 0.25) is 0 Å². The number of nitrogens with one attached hydrogen (secondary N) is 1. The molecule has 0 amide bonds. The molecular weight excluding hydrogens is 285 g/mol. The monoisotopic (exact) mass is 297 g/mol. The fourth-order valence-electron chi connectivity index (χ4n) is 1.53. The molecule has 0 radical (unpaired) electrons. The Morgan fingerprint density at radius 1 is 1.11 bits per heavy atom. The highest BCUT2D eigenvalue weighted by atomic mass is 35.5. The summed E-state index contributed by atoms with van der Waals surface area (Å²) in [5, 5.41) is 3.98. The third-order valence-corrected chi connectivity index (χ3v) is 3.25. The lowest BCUT2D eigenvalue weighted by Crippen LogP contribution is -2.01. The molecule has 0 unspecified atom stereocenters. The molecule has 1 aromatic heterocycles. The maximum Gasteiger partial charge on any atom is 0.172 e. The van der Waals surface area contributed by atoms with Crippen LogP contribution in [0, 0.1) is 13.8 Å². The summed E-state index contributed by atoms with van der Waals surface area (Å²) >= 11 is 12.0. The summed E-state index contributed by atoms with van der Waals surface area (Å²) in [6.07, 6.45) is 0. The first-order chi connectivity index (χ1) is 9.01. The molecule has 0 saturated carbocycles. The van der Waals surface area contributed by atoms with Gasteiger partial charge in [0.1, 0.15) is 5.75 Å². The van der Waals surface area contributed by atoms with Crippen LogP contribution in [0.1, 0.15) is 11.4 Å². The number of hydrogen-bond donors (Lipinski definition) is 1. The van der Waals surface area contributed by atoms with Gasteiger partial charge in [-0.2, -0.15) is 0 Å². The minimum absolute atomic E-state index is 0.331. The lowest BCUT2D eigenvalue weighted by molar-refractivity contribution is 0.415. The molecule has 0 bridgehead atoms. The molecule has 0 fully saturated rings. The normalized spacial score (nSPS) is 10.4. The van der Waals surface area contributed by atoms with E-state index in [1.54, 1.807) is 19.2 Å². The molecule has 0 aliphatic rings. The summed E-state index contributed by atoms with van der Waals surface area (Å²) in [6.45, 7) is 3.75. The minimum atomic E-state index is 0.331. The Hall–Kier alpha value is -1.52. The van der Waals surface area contributed by atoms with Crippen molar-refractivity contribution in [1.82, 2.24) is 9.97 Å². The zero-order valence-corrected chi connectivity index (χ0v) is 12.3. The molecule has 0 aliphatic carbocycles. The van der Waals surface area contributed by atoms with Crippen molar-refractivity contribution in [2.45, 2.75) is 13.8 Å². The van der Waals surface area contributed by atoms with E-state index in [9.17, 15) is 0 Å². The number of ether oxygens (including phenoxy) is 1. The van der Waals surface area contributed by atoms with Crippen LogP contribution in [0.4, 0.5) is 11.5 Å². The molecule has 0 atom stereocenters. The number of aryl methyl sites for hydroxylation is 2. The van der Waals surface area contributed by atoms with Crippen molar-refractivity contribution in [1.29, 1.82) is 0 Å². The smallest absolute Gasteiger partial charge is 0.172 e. The van der Waals surface area contributed by atoms with Gasteiger partial charge in [-0.15, -0.1) is 0 Å². The van der Waals surface area contributed by atoms with Crippen molar-refractivity contribution in [2.24, 2.45) is 0 Å². The van der Waals surface area contributed by atoms with Crippen LogP contribution in [-0.4, -0.2) is 17.1 Å². The molecule has 0 saturated heterocycles. The van der Waals surface area contributed by atoms with Gasteiger partial charge in [0.05, 0.1) is 23.5 Å². The second-order valence-corrected chi connectivity index (χ2v) is 4.77. The summed E-state index contributed by atoms with van der Waals surface area (Å²) in [5.41, 5.74) is 2.41. The van der Waals surface area contributed by atoms with Gasteiger partial charge in [-0.3, -0.25) is 0 Å². The van der Waals surface area contributed by atoms with Crippen LogP contribution >= 0.6 is 23.2 Å². The average molecular weight is 298 g/mol. The van der Waals surface area contributed by atoms with Crippen molar-refractivity contribution in [2.75, 3.05) is 12.4 Å². The second-order valence-electron chi connectivity index (χ2n) is 4.01. The van der Waals surface area contributed by atoms with Gasteiger partial charge in [0.25, 0.3) is 0 Å². The molecule has 1 aromatic carbocycles. The number of rotatable bonds is 3. The number of nitrogens with zero attached hydrogens (tertiary/aromatic N) is 2. The minimum Gasteiger partial charge on any atom is -0.495 e. The largest absolute Gasteiger partial charge is 0.495 e. The zero-order valence-electron chi connectivity index (χ0n) is 10.8. The Labute approximate surface area is 121 Å². The van der Waals surface area contributed by atoms with E-state index in [2.05, 4.69) is 15.3 Å². The first kappa shape index (κ1) is 13.9. The number of aromatic nitrogens is 2. The van der Waals surface area contributed by atoms with Gasteiger partial charge in [0.15, 0.2) is 11.0 Å². The first-order valence-corrected chi connectivity index (χ1v) is 6.38. The fourth-order valence-corrected chi connectivity index (χ4v) is 1.94. The number of methoxy groups -OCH3 is 1. The van der Waals surface area contributed by atoms with Gasteiger partial charge in [-0.1, -0.05) is 23.2 Å². The zero-order chi connectivity index (χ0) is 14.0. The van der Waals surface area contributed by atoms with E-state index in [0.717, 1.165) is 17.1 Å². The topological polar surface area (TPSA) is 47.0 Å². The molecule has 2 rings (SSSR count). The van der Waals surface area contributed by atoms with Crippen molar-refractivity contribution in [3.63, 3.8) is 0 Å². The summed E-state index contributed by atoms with van der Waals surface area (Å²) in [5.74, 6) is 1.09. The van der Waals surface area contributed by atoms with E-state index in [1.807, 2.05) is 19.9 Å². The Morgan fingerprint density at radius 2 is 1.79 bits per heavy atom. The molecular formula is C13H13Cl2N3O. The first-order valence-electron chi connectivity index (χ1n) is 5.62. The molecule has 1 heterocycles. The van der Waals surface area contributed by atoms with E-state index in [1.165, 1.54) is 0 Å². The Kier molecular flexibility index (Phi) is 4.12. The third-order valence-electron chi connectivity index (χ3n) is 2.68. The maximum atomic E-state index is 6.06. The molecule has 0 spiro atoms. The number of benzene rings is 1. The summed E-state index contributed by atoms with van der Waals surface area (Å²) < 4.78 is 5.16. The van der Waals surface area contributed by atoms with Crippen LogP contribution in [0.5, 0.6) is 5.75 Å². The van der Waals surface area contributed by atoms with E-state index < -0.39 is 0 Å². The van der Waals surface area contributed by atoms with E-state index in [4.69, 9.17) is 27.9 Å². The number of anilines is 2. The molecule has 1 N–H and O–H groups in total. The molecule has 2 aromatic rings. The van der Waals surface area contributed by atoms with Crippen LogP contribution in [0.25, 0.3) is 0 Å². The highest BCUT2D eigenvalue weighted by Gasteiger charge is 2.08. The number of halogens is 2. The molecule has 100 valence electrons. The molecule has 0 aliphatic heterocycles. The van der Waals surface area contributed by atoms with Crippen LogP contribution in [0.2, 0.25) is 10.2 Å². The molecule has 19 heavy (non-hydrogen) atoms. The summed E-state index contributed by atoms with van der Waals surface area (Å²) in [7, 11) is 1.56. The van der Waals surface area contributed by atoms with Crippen LogP contribution < -0.4 is 10.1 Å². The summed E-state index contributed by atoms with van der Waals surface area (Å²) in [4.78, 5) is 8.58. The predicted molar refractivity (Wildman–Crippen MR) is 77.8 cm³/mol. The van der Waals surface area contributed by atoms with Gasteiger partial charge >= 0.3 is 0 Å². The molecule has 4 nitrogen and oxygen atoms in total. The Morgan fingerprint density at radius 3 is 2.47 bits per heavy atom. The molecule has 6 heteroatoms. The van der Waals surface area contributed by atoms with Gasteiger partial charge < -0.3 is 10.1 Å². The van der Waals surface area contributed by atoms with Crippen molar-refractivity contribution in [3.05, 3.63) is 39.8 Å². The number of hydrogen-bond acceptors (Lipinski definition) is 4. The van der Waals surface area contributed by atoms with E-state index in [0.29, 0.717) is 21.7 Å². The SMILES string of the molecule is COc1cc(Nc2nc(C)c(C)nc2Cl)ccc1Cl. The van der Waals surface area contributed by atoms with Crippen molar-refractivity contribution >= 4 is 34.7 Å². The van der Waals surface area contributed by atoms with Crippen LogP contribution in [0.3, 0.4) is 0 Å². The van der Waals surface area contributed by atoms with Crippen molar-refractivity contribution < 1.29 is 4.74 Å². The van der Waals surface area contributed by atoms with Gasteiger partial charge in [-0.25, -0.2) is 9.97 Å². The lowest BCUT2D eigenvalue weighted by Gasteiger charge is -2.11. The Bertz CT molecular complexity index is 617. The Balaban J connectivity index is 2.33. The predicted octanol–water partition coefficient (Wildman–Crippen LogP) is 4.15. The lowest BCUT2D eigenvalue weighted by atomic mass is 10.3. The van der Waals surface area contributed by atoms with Gasteiger partial charge in [-0.05, 0) is 26.0 Å². The summed E-state index contributed by atoms with van der Waals surface area (Å²) in [6, 6.07) is 5.33. The maximum absolute atomic E-state index is 6.06. The fraction of sp³-hybridized carbons (Fsp3) is 0.231. The van der Waals surface area contributed by atoms with E-state index >= 15 is 0 Å². The highest BCUT2D eigenvalue weighted by Crippen LogP contribution is 2.30. The van der Waals surface area contributed by atoms with Gasteiger partial charge in [0, 0.05) is 11.8 Å². The van der Waals surface area contributed by atoms with Crippen LogP contribution in [-0.2, 0) is 0 Å². The standard InChI is InChI=1S/C13H13Cl2N3O/c1-7-8(2)17-13(12(15)16-7)18-9-4-5-10(14)11(6-9)19-3/h4-6H,1-3H3,(H,17,18). The highest BCUT2D eigenvalue weighted by molar-refractivity contribution is 6.32. The quantitative estimate of drug-likeness (QED) is 0.924. The van der Waals surface area contributed by atoms with Crippen LogP contribution in [0.15, 0.2) is 18.2 Å². The third kappa shape index (κ3) is 3.08.